The minimum Gasteiger partial charge on any atom is -0.278 e. The fourth-order valence-electron chi connectivity index (χ4n) is 2.23. The van der Waals surface area contributed by atoms with Gasteiger partial charge in [-0.2, -0.15) is 0 Å². The van der Waals surface area contributed by atoms with E-state index >= 15 is 0 Å². The van der Waals surface area contributed by atoms with Gasteiger partial charge < -0.3 is 0 Å². The van der Waals surface area contributed by atoms with Crippen molar-refractivity contribution in [1.29, 1.82) is 0 Å². The van der Waals surface area contributed by atoms with Crippen LogP contribution in [0.25, 0.3) is 20.9 Å². The Hall–Kier alpha value is -1.67. The number of rotatable bonds is 1. The van der Waals surface area contributed by atoms with Crippen molar-refractivity contribution in [3.63, 3.8) is 0 Å². The van der Waals surface area contributed by atoms with Crippen LogP contribution in [0.3, 0.4) is 0 Å². The molecule has 0 saturated carbocycles. The molecule has 0 fully saturated rings. The summed E-state index contributed by atoms with van der Waals surface area (Å²) in [4.78, 5) is 12.0. The van der Waals surface area contributed by atoms with Crippen molar-refractivity contribution < 1.29 is 0 Å². The summed E-state index contributed by atoms with van der Waals surface area (Å²) in [5, 5.41) is 3.59. The maximum Gasteiger partial charge on any atom is 0.236 e. The van der Waals surface area contributed by atoms with Crippen molar-refractivity contribution in [2.24, 2.45) is 0 Å². The molecule has 1 aromatic heterocycles. The predicted octanol–water partition coefficient (Wildman–Crippen LogP) is 4.54. The second-order valence-corrected chi connectivity index (χ2v) is 5.90. The normalized spacial score (nSPS) is 11.5. The molecule has 1 heterocycles. The van der Waals surface area contributed by atoms with Gasteiger partial charge >= 0.3 is 0 Å². The maximum absolute atomic E-state index is 12.0. The van der Waals surface area contributed by atoms with Crippen molar-refractivity contribution in [1.82, 2.24) is 0 Å². The lowest BCUT2D eigenvalue weighted by molar-refractivity contribution is 0.864. The van der Waals surface area contributed by atoms with E-state index in [0.29, 0.717) is 0 Å². The van der Waals surface area contributed by atoms with Gasteiger partial charge in [0.05, 0.1) is 0 Å². The fraction of sp³-hybridized carbons (Fsp3) is 0.188. The first-order chi connectivity index (χ1) is 8.65. The highest BCUT2D eigenvalue weighted by molar-refractivity contribution is 7.16. The van der Waals surface area contributed by atoms with Crippen molar-refractivity contribution >= 4 is 32.2 Å². The molecule has 1 nitrogen and oxygen atoms in total. The lowest BCUT2D eigenvalue weighted by atomic mass is 10.0. The van der Waals surface area contributed by atoms with E-state index in [4.69, 9.17) is 0 Å². The van der Waals surface area contributed by atoms with Gasteiger partial charge in [0.2, 0.25) is 4.74 Å². The first-order valence-corrected chi connectivity index (χ1v) is 6.93. The Balaban J connectivity index is 2.40. The van der Waals surface area contributed by atoms with Gasteiger partial charge in [-0.15, -0.1) is 0 Å². The van der Waals surface area contributed by atoms with Crippen LogP contribution in [-0.2, 0) is 0 Å². The Kier molecular flexibility index (Phi) is 2.67. The summed E-state index contributed by atoms with van der Waals surface area (Å²) in [6.07, 6.45) is 0. The molecule has 3 aromatic rings. The van der Waals surface area contributed by atoms with Crippen LogP contribution in [0.15, 0.2) is 47.3 Å². The van der Waals surface area contributed by atoms with Crippen LogP contribution >= 0.6 is 11.3 Å². The molecule has 0 spiro atoms. The summed E-state index contributed by atoms with van der Waals surface area (Å²) in [6, 6.07) is 14.6. The molecule has 0 amide bonds. The van der Waals surface area contributed by atoms with Gasteiger partial charge in [0, 0.05) is 10.3 Å². The topological polar surface area (TPSA) is 17.1 Å². The lowest BCUT2D eigenvalue weighted by Crippen LogP contribution is -2.05. The van der Waals surface area contributed by atoms with Gasteiger partial charge in [-0.25, -0.2) is 0 Å². The van der Waals surface area contributed by atoms with E-state index in [1.807, 2.05) is 18.2 Å². The molecular weight excluding hydrogens is 240 g/mol. The second kappa shape index (κ2) is 4.21. The summed E-state index contributed by atoms with van der Waals surface area (Å²) in [7, 11) is 0. The van der Waals surface area contributed by atoms with E-state index in [0.717, 1.165) is 10.3 Å². The third-order valence-electron chi connectivity index (χ3n) is 3.25. The van der Waals surface area contributed by atoms with Crippen molar-refractivity contribution in [3.8, 4) is 0 Å². The first-order valence-electron chi connectivity index (χ1n) is 6.12. The van der Waals surface area contributed by atoms with E-state index in [2.05, 4.69) is 38.1 Å². The molecular formula is C16H14OS. The molecule has 0 bridgehead atoms. The highest BCUT2D eigenvalue weighted by Gasteiger charge is 2.07. The van der Waals surface area contributed by atoms with Gasteiger partial charge in [0.15, 0.2) is 0 Å². The molecule has 2 aromatic carbocycles. The van der Waals surface area contributed by atoms with Crippen molar-refractivity contribution in [3.05, 3.63) is 57.6 Å². The van der Waals surface area contributed by atoms with Gasteiger partial charge in [0.25, 0.3) is 0 Å². The van der Waals surface area contributed by atoms with Crippen molar-refractivity contribution in [2.75, 3.05) is 0 Å². The maximum atomic E-state index is 12.0. The quantitative estimate of drug-likeness (QED) is 0.583. The van der Waals surface area contributed by atoms with Crippen LogP contribution in [0.4, 0.5) is 0 Å². The summed E-state index contributed by atoms with van der Waals surface area (Å²) >= 11 is 1.36. The number of benzene rings is 2. The Morgan fingerprint density at radius 3 is 2.28 bits per heavy atom. The summed E-state index contributed by atoms with van der Waals surface area (Å²) in [5.41, 5.74) is 0.919. The van der Waals surface area contributed by atoms with E-state index in [-0.39, 0.29) is 10.7 Å². The number of hydrogen-bond donors (Lipinski definition) is 0. The molecule has 0 atom stereocenters. The summed E-state index contributed by atoms with van der Waals surface area (Å²) in [5.74, 6) is 0.282. The lowest BCUT2D eigenvalue weighted by Gasteiger charge is -2.06. The Morgan fingerprint density at radius 1 is 0.944 bits per heavy atom. The average Bonchev–Trinajstić information content (AvgIpc) is 2.35. The monoisotopic (exact) mass is 254 g/mol. The molecule has 90 valence electrons. The Labute approximate surface area is 110 Å². The highest BCUT2D eigenvalue weighted by Crippen LogP contribution is 2.26. The third kappa shape index (κ3) is 1.83. The molecule has 0 aliphatic rings. The third-order valence-corrected chi connectivity index (χ3v) is 4.24. The van der Waals surface area contributed by atoms with Gasteiger partial charge in [0.1, 0.15) is 0 Å². The molecule has 0 radical (unpaired) electrons. The second-order valence-electron chi connectivity index (χ2n) is 4.88. The summed E-state index contributed by atoms with van der Waals surface area (Å²) < 4.78 is 1.26. The molecule has 0 aliphatic carbocycles. The van der Waals surface area contributed by atoms with Gasteiger partial charge in [-0.3, -0.25) is 4.79 Å². The van der Waals surface area contributed by atoms with Crippen LogP contribution in [-0.4, -0.2) is 0 Å². The van der Waals surface area contributed by atoms with Gasteiger partial charge in [-0.05, 0) is 40.3 Å². The average molecular weight is 254 g/mol. The number of fused-ring (bicyclic) bond motifs is 2. The largest absolute Gasteiger partial charge is 0.278 e. The highest BCUT2D eigenvalue weighted by atomic mass is 32.1. The first kappa shape index (κ1) is 11.4. The molecule has 0 aliphatic heterocycles. The fourth-order valence-corrected chi connectivity index (χ4v) is 3.26. The van der Waals surface area contributed by atoms with Crippen LogP contribution in [0.5, 0.6) is 0 Å². The van der Waals surface area contributed by atoms with E-state index in [9.17, 15) is 4.79 Å². The molecule has 0 N–H and O–H groups in total. The molecule has 18 heavy (non-hydrogen) atoms. The van der Waals surface area contributed by atoms with Gasteiger partial charge in [-0.1, -0.05) is 49.4 Å². The zero-order valence-electron chi connectivity index (χ0n) is 10.4. The summed E-state index contributed by atoms with van der Waals surface area (Å²) in [6.45, 7) is 4.13. The SMILES string of the molecule is CC(C)c1cc2cc3ccccc3cc2sc1=O. The van der Waals surface area contributed by atoms with E-state index in [1.54, 1.807) is 0 Å². The Morgan fingerprint density at radius 2 is 1.61 bits per heavy atom. The zero-order chi connectivity index (χ0) is 12.7. The van der Waals surface area contributed by atoms with E-state index in [1.165, 1.54) is 27.5 Å². The van der Waals surface area contributed by atoms with E-state index < -0.39 is 0 Å². The number of hydrogen-bond acceptors (Lipinski definition) is 2. The van der Waals surface area contributed by atoms with Crippen LogP contribution < -0.4 is 4.74 Å². The van der Waals surface area contributed by atoms with Crippen molar-refractivity contribution in [2.45, 2.75) is 19.8 Å². The minimum absolute atomic E-state index is 0.188. The Bertz CT molecular complexity index is 784. The molecule has 2 heteroatoms. The minimum atomic E-state index is 0.188. The van der Waals surface area contributed by atoms with Crippen LogP contribution in [0, 0.1) is 0 Å². The van der Waals surface area contributed by atoms with Crippen LogP contribution in [0.2, 0.25) is 0 Å². The smallest absolute Gasteiger partial charge is 0.236 e. The van der Waals surface area contributed by atoms with Crippen LogP contribution in [0.1, 0.15) is 25.3 Å². The molecule has 0 saturated heterocycles. The predicted molar refractivity (Wildman–Crippen MR) is 79.7 cm³/mol. The molecule has 3 rings (SSSR count). The standard InChI is InChI=1S/C16H14OS/c1-10(2)14-8-13-7-11-5-3-4-6-12(11)9-15(13)18-16(14)17/h3-10H,1-2H3. The molecule has 0 unspecified atom stereocenters. The zero-order valence-corrected chi connectivity index (χ0v) is 11.3.